The van der Waals surface area contributed by atoms with Crippen molar-refractivity contribution in [2.45, 2.75) is 32.7 Å². The van der Waals surface area contributed by atoms with Crippen molar-refractivity contribution in [2.24, 2.45) is 0 Å². The lowest BCUT2D eigenvalue weighted by molar-refractivity contribution is -0.384. The zero-order chi connectivity index (χ0) is 15.2. The van der Waals surface area contributed by atoms with Gasteiger partial charge in [-0.2, -0.15) is 0 Å². The van der Waals surface area contributed by atoms with E-state index < -0.39 is 4.92 Å². The van der Waals surface area contributed by atoms with E-state index in [1.54, 1.807) is 19.2 Å². The van der Waals surface area contributed by atoms with Gasteiger partial charge in [0.2, 0.25) is 5.82 Å². The molecule has 0 saturated heterocycles. The summed E-state index contributed by atoms with van der Waals surface area (Å²) in [6.07, 6.45) is 3.45. The van der Waals surface area contributed by atoms with Gasteiger partial charge in [-0.3, -0.25) is 10.1 Å². The molecule has 0 amide bonds. The number of hydrogen-bond donors (Lipinski definition) is 1. The van der Waals surface area contributed by atoms with E-state index in [9.17, 15) is 10.1 Å². The van der Waals surface area contributed by atoms with Crippen LogP contribution in [0.1, 0.15) is 24.5 Å². The van der Waals surface area contributed by atoms with E-state index in [0.29, 0.717) is 5.82 Å². The summed E-state index contributed by atoms with van der Waals surface area (Å²) in [7, 11) is 0. The Morgan fingerprint density at radius 1 is 1.33 bits per heavy atom. The normalized spacial score (nSPS) is 11.9. The zero-order valence-corrected chi connectivity index (χ0v) is 12.2. The van der Waals surface area contributed by atoms with Crippen LogP contribution < -0.4 is 5.32 Å². The molecule has 5 nitrogen and oxygen atoms in total. The lowest BCUT2D eigenvalue weighted by Gasteiger charge is -2.14. The molecule has 1 atom stereocenters. The van der Waals surface area contributed by atoms with Crippen LogP contribution in [0, 0.1) is 17.0 Å². The van der Waals surface area contributed by atoms with Crippen LogP contribution in [0.3, 0.4) is 0 Å². The van der Waals surface area contributed by atoms with E-state index >= 15 is 0 Å². The van der Waals surface area contributed by atoms with Gasteiger partial charge in [-0.05, 0) is 37.8 Å². The van der Waals surface area contributed by atoms with Gasteiger partial charge < -0.3 is 5.32 Å². The van der Waals surface area contributed by atoms with Crippen molar-refractivity contribution < 1.29 is 4.92 Å². The van der Waals surface area contributed by atoms with Gasteiger partial charge in [-0.1, -0.05) is 30.3 Å². The van der Waals surface area contributed by atoms with E-state index in [1.807, 2.05) is 25.1 Å². The summed E-state index contributed by atoms with van der Waals surface area (Å²) in [4.78, 5) is 14.8. The maximum absolute atomic E-state index is 11.1. The Balaban J connectivity index is 1.99. The minimum Gasteiger partial charge on any atom is -0.362 e. The highest BCUT2D eigenvalue weighted by atomic mass is 16.6. The summed E-state index contributed by atoms with van der Waals surface area (Å²) < 4.78 is 0. The Morgan fingerprint density at radius 3 is 2.71 bits per heavy atom. The SMILES string of the molecule is Cc1cnc(NC(C)CCc2ccccc2)c([N+](=O)[O-])c1. The summed E-state index contributed by atoms with van der Waals surface area (Å²) in [6, 6.07) is 11.8. The van der Waals surface area contributed by atoms with Crippen molar-refractivity contribution in [3.63, 3.8) is 0 Å². The zero-order valence-electron chi connectivity index (χ0n) is 12.2. The first-order valence-corrected chi connectivity index (χ1v) is 6.98. The van der Waals surface area contributed by atoms with E-state index in [4.69, 9.17) is 0 Å². The number of aromatic nitrogens is 1. The van der Waals surface area contributed by atoms with Crippen molar-refractivity contribution in [1.29, 1.82) is 0 Å². The lowest BCUT2D eigenvalue weighted by atomic mass is 10.1. The van der Waals surface area contributed by atoms with Crippen LogP contribution in [0.5, 0.6) is 0 Å². The number of nitrogens with one attached hydrogen (secondary N) is 1. The minimum absolute atomic E-state index is 0.0292. The fraction of sp³-hybridized carbons (Fsp3) is 0.312. The second-order valence-electron chi connectivity index (χ2n) is 5.21. The summed E-state index contributed by atoms with van der Waals surface area (Å²) in [5.41, 5.74) is 2.07. The molecule has 1 heterocycles. The van der Waals surface area contributed by atoms with Gasteiger partial charge >= 0.3 is 5.69 Å². The minimum atomic E-state index is -0.397. The summed E-state index contributed by atoms with van der Waals surface area (Å²) in [6.45, 7) is 3.80. The van der Waals surface area contributed by atoms with Gasteiger partial charge in [0, 0.05) is 18.3 Å². The highest BCUT2D eigenvalue weighted by Crippen LogP contribution is 2.23. The van der Waals surface area contributed by atoms with Crippen LogP contribution in [0.4, 0.5) is 11.5 Å². The van der Waals surface area contributed by atoms with E-state index in [0.717, 1.165) is 18.4 Å². The first-order chi connectivity index (χ1) is 10.1. The third kappa shape index (κ3) is 4.27. The summed E-state index contributed by atoms with van der Waals surface area (Å²) in [5.74, 6) is 0.339. The second kappa shape index (κ2) is 6.83. The van der Waals surface area contributed by atoms with Crippen molar-refractivity contribution in [2.75, 3.05) is 5.32 Å². The Hall–Kier alpha value is -2.43. The molecule has 0 saturated carbocycles. The Bertz CT molecular complexity index is 614. The second-order valence-corrected chi connectivity index (χ2v) is 5.21. The van der Waals surface area contributed by atoms with Gasteiger partial charge in [0.05, 0.1) is 4.92 Å². The molecule has 0 aliphatic rings. The van der Waals surface area contributed by atoms with Crippen LogP contribution in [-0.2, 0) is 6.42 Å². The molecule has 1 unspecified atom stereocenters. The summed E-state index contributed by atoms with van der Waals surface area (Å²) >= 11 is 0. The first-order valence-electron chi connectivity index (χ1n) is 6.98. The van der Waals surface area contributed by atoms with Crippen molar-refractivity contribution >= 4 is 11.5 Å². The van der Waals surface area contributed by atoms with Crippen molar-refractivity contribution in [3.8, 4) is 0 Å². The van der Waals surface area contributed by atoms with Crippen LogP contribution in [0.15, 0.2) is 42.6 Å². The molecule has 0 radical (unpaired) electrons. The maximum atomic E-state index is 11.1. The predicted molar refractivity (Wildman–Crippen MR) is 83.5 cm³/mol. The Kier molecular flexibility index (Phi) is 4.87. The van der Waals surface area contributed by atoms with Gasteiger partial charge in [-0.15, -0.1) is 0 Å². The van der Waals surface area contributed by atoms with Crippen LogP contribution in [0.2, 0.25) is 0 Å². The van der Waals surface area contributed by atoms with Crippen LogP contribution in [-0.4, -0.2) is 15.9 Å². The molecule has 1 aromatic heterocycles. The molecule has 21 heavy (non-hydrogen) atoms. The third-order valence-electron chi connectivity index (χ3n) is 3.29. The van der Waals surface area contributed by atoms with Crippen molar-refractivity contribution in [1.82, 2.24) is 4.98 Å². The largest absolute Gasteiger partial charge is 0.362 e. The fourth-order valence-electron chi connectivity index (χ4n) is 2.14. The highest BCUT2D eigenvalue weighted by Gasteiger charge is 2.17. The van der Waals surface area contributed by atoms with Gasteiger partial charge in [0.15, 0.2) is 0 Å². The first kappa shape index (κ1) is 15.0. The maximum Gasteiger partial charge on any atom is 0.311 e. The number of aryl methyl sites for hydroxylation is 2. The molecule has 2 aromatic rings. The Labute approximate surface area is 124 Å². The molecule has 0 bridgehead atoms. The molecule has 2 rings (SSSR count). The molecule has 1 N–H and O–H groups in total. The third-order valence-corrected chi connectivity index (χ3v) is 3.29. The molecule has 0 aliphatic carbocycles. The summed E-state index contributed by atoms with van der Waals surface area (Å²) in [5, 5.41) is 14.2. The molecular formula is C16H19N3O2. The number of benzene rings is 1. The number of nitro groups is 1. The highest BCUT2D eigenvalue weighted by molar-refractivity contribution is 5.56. The lowest BCUT2D eigenvalue weighted by Crippen LogP contribution is -2.18. The van der Waals surface area contributed by atoms with E-state index in [-0.39, 0.29) is 11.7 Å². The fourth-order valence-corrected chi connectivity index (χ4v) is 2.14. The molecule has 5 heteroatoms. The number of rotatable bonds is 6. The van der Waals surface area contributed by atoms with Crippen LogP contribution in [0.25, 0.3) is 0 Å². The number of pyridine rings is 1. The van der Waals surface area contributed by atoms with Crippen LogP contribution >= 0.6 is 0 Å². The average Bonchev–Trinajstić information content (AvgIpc) is 2.48. The van der Waals surface area contributed by atoms with E-state index in [2.05, 4.69) is 22.4 Å². The number of hydrogen-bond acceptors (Lipinski definition) is 4. The Morgan fingerprint density at radius 2 is 2.05 bits per heavy atom. The molecule has 0 aliphatic heterocycles. The predicted octanol–water partition coefficient (Wildman–Crippen LogP) is 3.73. The average molecular weight is 285 g/mol. The molecule has 0 fully saturated rings. The smallest absolute Gasteiger partial charge is 0.311 e. The van der Waals surface area contributed by atoms with Gasteiger partial charge in [-0.25, -0.2) is 4.98 Å². The van der Waals surface area contributed by atoms with Crippen molar-refractivity contribution in [3.05, 3.63) is 63.8 Å². The topological polar surface area (TPSA) is 68.1 Å². The van der Waals surface area contributed by atoms with E-state index in [1.165, 1.54) is 5.56 Å². The quantitative estimate of drug-likeness (QED) is 0.648. The molecule has 1 aromatic carbocycles. The molecular weight excluding hydrogens is 266 g/mol. The molecule has 0 spiro atoms. The molecule has 110 valence electrons. The number of anilines is 1. The van der Waals surface area contributed by atoms with Gasteiger partial charge in [0.1, 0.15) is 0 Å². The standard InChI is InChI=1S/C16H19N3O2/c1-12-10-15(19(20)21)16(17-11-12)18-13(2)8-9-14-6-4-3-5-7-14/h3-7,10-11,13H,8-9H2,1-2H3,(H,17,18). The monoisotopic (exact) mass is 285 g/mol. The number of nitrogens with zero attached hydrogens (tertiary/aromatic N) is 2. The van der Waals surface area contributed by atoms with Gasteiger partial charge in [0.25, 0.3) is 0 Å².